The summed E-state index contributed by atoms with van der Waals surface area (Å²) in [6.07, 6.45) is 0. The molecule has 0 spiro atoms. The number of hydrogen-bond donors (Lipinski definition) is 0. The van der Waals surface area contributed by atoms with E-state index < -0.39 is 28.8 Å². The Kier molecular flexibility index (Phi) is 5.47. The lowest BCUT2D eigenvalue weighted by Gasteiger charge is -2.21. The first-order chi connectivity index (χ1) is 9.42. The summed E-state index contributed by atoms with van der Waals surface area (Å²) in [7, 11) is 1.14. The van der Waals surface area contributed by atoms with Gasteiger partial charge in [0.2, 0.25) is 6.04 Å². The standard InChI is InChI=1S/C13H13ClN2O4/c1-8(16(18)19)12(11(7-15)13(17)20-2)9-3-5-10(14)6-4-9/h3-6,8,11-12H,1-2H3. The van der Waals surface area contributed by atoms with Gasteiger partial charge in [-0.1, -0.05) is 23.7 Å². The molecule has 1 aromatic rings. The van der Waals surface area contributed by atoms with Crippen molar-refractivity contribution >= 4 is 17.6 Å². The molecule has 0 bridgehead atoms. The number of halogens is 1. The Balaban J connectivity index is 3.27. The van der Waals surface area contributed by atoms with E-state index in [9.17, 15) is 14.9 Å². The Hall–Kier alpha value is -2.13. The van der Waals surface area contributed by atoms with E-state index >= 15 is 0 Å². The average Bonchev–Trinajstić information content (AvgIpc) is 2.44. The summed E-state index contributed by atoms with van der Waals surface area (Å²) >= 11 is 5.77. The Labute approximate surface area is 121 Å². The van der Waals surface area contributed by atoms with E-state index in [2.05, 4.69) is 4.74 Å². The average molecular weight is 297 g/mol. The van der Waals surface area contributed by atoms with Crippen LogP contribution in [0.4, 0.5) is 0 Å². The molecule has 0 amide bonds. The lowest BCUT2D eigenvalue weighted by atomic mass is 9.82. The summed E-state index contributed by atoms with van der Waals surface area (Å²) in [5, 5.41) is 20.6. The number of carbonyl (C=O) groups is 1. The van der Waals surface area contributed by atoms with Crippen molar-refractivity contribution in [3.8, 4) is 6.07 Å². The number of benzene rings is 1. The third-order valence-corrected chi connectivity index (χ3v) is 3.31. The fraction of sp³-hybridized carbons (Fsp3) is 0.385. The van der Waals surface area contributed by atoms with Gasteiger partial charge in [0.05, 0.1) is 19.1 Å². The molecule has 1 rings (SSSR count). The number of hydrogen-bond acceptors (Lipinski definition) is 5. The van der Waals surface area contributed by atoms with Crippen molar-refractivity contribution in [2.45, 2.75) is 18.9 Å². The molecule has 0 saturated heterocycles. The van der Waals surface area contributed by atoms with E-state index in [0.717, 1.165) is 7.11 Å². The van der Waals surface area contributed by atoms with Gasteiger partial charge >= 0.3 is 5.97 Å². The monoisotopic (exact) mass is 296 g/mol. The van der Waals surface area contributed by atoms with Gasteiger partial charge in [-0.25, -0.2) is 0 Å². The van der Waals surface area contributed by atoms with Gasteiger partial charge in [0.25, 0.3) is 0 Å². The SMILES string of the molecule is COC(=O)C(C#N)C(c1ccc(Cl)cc1)C(C)[N+](=O)[O-]. The largest absolute Gasteiger partial charge is 0.468 e. The van der Waals surface area contributed by atoms with Crippen molar-refractivity contribution in [2.75, 3.05) is 7.11 Å². The predicted octanol–water partition coefficient (Wildman–Crippen LogP) is 2.40. The first-order valence-corrected chi connectivity index (χ1v) is 6.16. The zero-order valence-electron chi connectivity index (χ0n) is 10.9. The van der Waals surface area contributed by atoms with Gasteiger partial charge in [0.15, 0.2) is 5.92 Å². The molecule has 3 atom stereocenters. The number of ether oxygens (including phenoxy) is 1. The molecule has 0 aliphatic heterocycles. The summed E-state index contributed by atoms with van der Waals surface area (Å²) in [5.74, 6) is -2.94. The highest BCUT2D eigenvalue weighted by Crippen LogP contribution is 2.31. The van der Waals surface area contributed by atoms with Crippen molar-refractivity contribution in [1.82, 2.24) is 0 Å². The van der Waals surface area contributed by atoms with Crippen LogP contribution in [0.15, 0.2) is 24.3 Å². The summed E-state index contributed by atoms with van der Waals surface area (Å²) in [6, 6.07) is 6.93. The molecule has 6 nitrogen and oxygen atoms in total. The van der Waals surface area contributed by atoms with E-state index in [0.29, 0.717) is 10.6 Å². The number of rotatable bonds is 5. The normalized spacial score (nSPS) is 14.7. The van der Waals surface area contributed by atoms with E-state index in [-0.39, 0.29) is 0 Å². The smallest absolute Gasteiger partial charge is 0.323 e. The van der Waals surface area contributed by atoms with Crippen molar-refractivity contribution in [2.24, 2.45) is 5.92 Å². The number of nitro groups is 1. The zero-order valence-corrected chi connectivity index (χ0v) is 11.7. The van der Waals surface area contributed by atoms with Gasteiger partial charge in [-0.3, -0.25) is 14.9 Å². The fourth-order valence-corrected chi connectivity index (χ4v) is 2.10. The van der Waals surface area contributed by atoms with Gasteiger partial charge in [-0.05, 0) is 17.7 Å². The Morgan fingerprint density at radius 1 is 1.45 bits per heavy atom. The topological polar surface area (TPSA) is 93.2 Å². The molecule has 1 aromatic carbocycles. The number of nitriles is 1. The summed E-state index contributed by atoms with van der Waals surface area (Å²) in [4.78, 5) is 22.2. The van der Waals surface area contributed by atoms with E-state index in [4.69, 9.17) is 16.9 Å². The maximum atomic E-state index is 11.7. The van der Waals surface area contributed by atoms with Crippen LogP contribution in [0.1, 0.15) is 18.4 Å². The maximum absolute atomic E-state index is 11.7. The summed E-state index contributed by atoms with van der Waals surface area (Å²) < 4.78 is 4.55. The van der Waals surface area contributed by atoms with Gasteiger partial charge in [0.1, 0.15) is 0 Å². The third kappa shape index (κ3) is 3.45. The number of carbonyl (C=O) groups excluding carboxylic acids is 1. The second-order valence-corrected chi connectivity index (χ2v) is 4.67. The van der Waals surface area contributed by atoms with Gasteiger partial charge in [0, 0.05) is 16.9 Å². The van der Waals surface area contributed by atoms with Crippen LogP contribution in [0.2, 0.25) is 5.02 Å². The van der Waals surface area contributed by atoms with E-state index in [1.165, 1.54) is 6.92 Å². The summed E-state index contributed by atoms with van der Waals surface area (Å²) in [6.45, 7) is 1.35. The van der Waals surface area contributed by atoms with Crippen molar-refractivity contribution in [1.29, 1.82) is 5.26 Å². The van der Waals surface area contributed by atoms with Crippen LogP contribution < -0.4 is 0 Å². The minimum Gasteiger partial charge on any atom is -0.468 e. The Morgan fingerprint density at radius 3 is 2.40 bits per heavy atom. The second-order valence-electron chi connectivity index (χ2n) is 4.23. The molecule has 0 saturated carbocycles. The fourth-order valence-electron chi connectivity index (χ4n) is 1.97. The van der Waals surface area contributed by atoms with Crippen LogP contribution in [0, 0.1) is 27.4 Å². The quantitative estimate of drug-likeness (QED) is 0.472. The highest BCUT2D eigenvalue weighted by molar-refractivity contribution is 6.30. The molecule has 0 aromatic heterocycles. The predicted molar refractivity (Wildman–Crippen MR) is 71.8 cm³/mol. The number of nitrogens with zero attached hydrogens (tertiary/aromatic N) is 2. The van der Waals surface area contributed by atoms with Crippen LogP contribution in [-0.4, -0.2) is 24.0 Å². The zero-order chi connectivity index (χ0) is 15.3. The third-order valence-electron chi connectivity index (χ3n) is 3.06. The van der Waals surface area contributed by atoms with Crippen molar-refractivity contribution in [3.63, 3.8) is 0 Å². The molecule has 0 aliphatic rings. The van der Waals surface area contributed by atoms with E-state index in [1.54, 1.807) is 30.3 Å². The Morgan fingerprint density at radius 2 is 2.00 bits per heavy atom. The molecule has 0 heterocycles. The van der Waals surface area contributed by atoms with Gasteiger partial charge < -0.3 is 4.74 Å². The van der Waals surface area contributed by atoms with Crippen LogP contribution in [0.3, 0.4) is 0 Å². The first-order valence-electron chi connectivity index (χ1n) is 5.78. The molecular formula is C13H13ClN2O4. The van der Waals surface area contributed by atoms with Crippen LogP contribution in [-0.2, 0) is 9.53 Å². The van der Waals surface area contributed by atoms with Crippen molar-refractivity contribution < 1.29 is 14.5 Å². The Bertz CT molecular complexity index is 538. The maximum Gasteiger partial charge on any atom is 0.323 e. The summed E-state index contributed by atoms with van der Waals surface area (Å²) in [5.41, 5.74) is 0.496. The molecule has 0 fully saturated rings. The number of methoxy groups -OCH3 is 1. The first kappa shape index (κ1) is 15.9. The molecule has 0 aliphatic carbocycles. The van der Waals surface area contributed by atoms with Crippen molar-refractivity contribution in [3.05, 3.63) is 45.0 Å². The second kappa shape index (κ2) is 6.87. The molecule has 106 valence electrons. The molecule has 20 heavy (non-hydrogen) atoms. The highest BCUT2D eigenvalue weighted by Gasteiger charge is 2.40. The van der Waals surface area contributed by atoms with Crippen LogP contribution >= 0.6 is 11.6 Å². The van der Waals surface area contributed by atoms with E-state index in [1.807, 2.05) is 0 Å². The highest BCUT2D eigenvalue weighted by atomic mass is 35.5. The molecule has 0 radical (unpaired) electrons. The lowest BCUT2D eigenvalue weighted by molar-refractivity contribution is -0.523. The molecular weight excluding hydrogens is 284 g/mol. The van der Waals surface area contributed by atoms with Crippen LogP contribution in [0.25, 0.3) is 0 Å². The van der Waals surface area contributed by atoms with Gasteiger partial charge in [-0.15, -0.1) is 0 Å². The lowest BCUT2D eigenvalue weighted by Crippen LogP contribution is -2.34. The minimum atomic E-state index is -1.25. The van der Waals surface area contributed by atoms with Gasteiger partial charge in [-0.2, -0.15) is 5.26 Å². The minimum absolute atomic E-state index is 0.466. The molecule has 7 heteroatoms. The molecule has 0 N–H and O–H groups in total. The molecule has 3 unspecified atom stereocenters. The number of esters is 1. The van der Waals surface area contributed by atoms with Crippen LogP contribution in [0.5, 0.6) is 0 Å².